The normalized spacial score (nSPS) is 12.5. The number of carbonyl (C=O) groups excluding carboxylic acids is 1. The maximum Gasteiger partial charge on any atom is 0.338 e. The van der Waals surface area contributed by atoms with E-state index in [1.165, 1.54) is 0 Å². The molecule has 0 fully saturated rings. The highest BCUT2D eigenvalue weighted by Crippen LogP contribution is 2.11. The molecule has 0 amide bonds. The maximum atomic E-state index is 11.9. The summed E-state index contributed by atoms with van der Waals surface area (Å²) in [5, 5.41) is 0. The molecule has 17 heavy (non-hydrogen) atoms. The second-order valence-electron chi connectivity index (χ2n) is 4.59. The Balaban J connectivity index is 2.71. The molecule has 1 aromatic rings. The fraction of sp³-hybridized carbons (Fsp3) is 0.500. The number of benzene rings is 1. The Kier molecular flexibility index (Phi) is 5.16. The molecule has 0 bridgehead atoms. The van der Waals surface area contributed by atoms with Gasteiger partial charge < -0.3 is 10.5 Å². The molecule has 0 saturated carbocycles. The zero-order valence-corrected chi connectivity index (χ0v) is 10.8. The highest BCUT2D eigenvalue weighted by Gasteiger charge is 2.14. The first-order valence-electron chi connectivity index (χ1n) is 6.04. The third-order valence-electron chi connectivity index (χ3n) is 2.83. The Bertz CT molecular complexity index is 374. The van der Waals surface area contributed by atoms with Crippen molar-refractivity contribution in [2.45, 2.75) is 33.3 Å². The van der Waals surface area contributed by atoms with Crippen LogP contribution in [0.2, 0.25) is 0 Å². The Morgan fingerprint density at radius 3 is 2.65 bits per heavy atom. The van der Waals surface area contributed by atoms with Crippen molar-refractivity contribution in [1.82, 2.24) is 0 Å². The van der Waals surface area contributed by atoms with Crippen LogP contribution in [0, 0.1) is 5.92 Å². The molecule has 1 rings (SSSR count). The van der Waals surface area contributed by atoms with E-state index >= 15 is 0 Å². The van der Waals surface area contributed by atoms with Gasteiger partial charge in [-0.2, -0.15) is 0 Å². The highest BCUT2D eigenvalue weighted by atomic mass is 16.5. The van der Waals surface area contributed by atoms with E-state index in [0.29, 0.717) is 18.0 Å². The van der Waals surface area contributed by atoms with Crippen LogP contribution in [0.4, 0.5) is 0 Å². The molecule has 0 aliphatic heterocycles. The first-order chi connectivity index (χ1) is 8.04. The third-order valence-corrected chi connectivity index (χ3v) is 2.83. The molecular formula is C14H21NO2. The van der Waals surface area contributed by atoms with Crippen molar-refractivity contribution in [1.29, 1.82) is 0 Å². The van der Waals surface area contributed by atoms with E-state index in [0.717, 1.165) is 12.0 Å². The molecule has 1 unspecified atom stereocenters. The zero-order chi connectivity index (χ0) is 12.8. The van der Waals surface area contributed by atoms with Crippen LogP contribution >= 0.6 is 0 Å². The van der Waals surface area contributed by atoms with Crippen molar-refractivity contribution in [3.05, 3.63) is 35.4 Å². The van der Waals surface area contributed by atoms with Gasteiger partial charge in [0.05, 0.1) is 5.56 Å². The molecule has 3 heteroatoms. The number of rotatable bonds is 5. The van der Waals surface area contributed by atoms with Crippen molar-refractivity contribution in [2.24, 2.45) is 11.7 Å². The summed E-state index contributed by atoms with van der Waals surface area (Å²) in [5.74, 6) is 0.0660. The summed E-state index contributed by atoms with van der Waals surface area (Å²) in [4.78, 5) is 11.9. The molecule has 1 aromatic carbocycles. The lowest BCUT2D eigenvalue weighted by Crippen LogP contribution is -2.20. The minimum Gasteiger partial charge on any atom is -0.459 e. The molecule has 0 aromatic heterocycles. The fourth-order valence-electron chi connectivity index (χ4n) is 1.39. The van der Waals surface area contributed by atoms with Crippen LogP contribution in [-0.4, -0.2) is 18.6 Å². The minimum absolute atomic E-state index is 0.0688. The summed E-state index contributed by atoms with van der Waals surface area (Å²) in [5.41, 5.74) is 7.16. The number of nitrogens with two attached hydrogens (primary N) is 1. The van der Waals surface area contributed by atoms with Gasteiger partial charge in [-0.05, 0) is 43.5 Å². The van der Waals surface area contributed by atoms with Gasteiger partial charge in [0.15, 0.2) is 0 Å². The van der Waals surface area contributed by atoms with Crippen LogP contribution in [0.3, 0.4) is 0 Å². The summed E-state index contributed by atoms with van der Waals surface area (Å²) in [6.07, 6.45) is 0.710. The molecule has 2 N–H and O–H groups in total. The number of esters is 1. The molecule has 0 aliphatic rings. The van der Waals surface area contributed by atoms with E-state index in [2.05, 4.69) is 0 Å². The lowest BCUT2D eigenvalue weighted by molar-refractivity contribution is 0.0238. The van der Waals surface area contributed by atoms with E-state index in [4.69, 9.17) is 10.5 Å². The second-order valence-corrected chi connectivity index (χ2v) is 4.59. The van der Waals surface area contributed by atoms with E-state index in [-0.39, 0.29) is 12.1 Å². The van der Waals surface area contributed by atoms with E-state index < -0.39 is 0 Å². The average molecular weight is 235 g/mol. The molecule has 1 atom stereocenters. The zero-order valence-electron chi connectivity index (χ0n) is 10.8. The van der Waals surface area contributed by atoms with Crippen molar-refractivity contribution >= 4 is 5.97 Å². The topological polar surface area (TPSA) is 52.3 Å². The molecule has 0 radical (unpaired) electrons. The van der Waals surface area contributed by atoms with Crippen LogP contribution < -0.4 is 5.73 Å². The second kappa shape index (κ2) is 6.40. The van der Waals surface area contributed by atoms with Gasteiger partial charge in [-0.25, -0.2) is 4.79 Å². The molecule has 0 heterocycles. The van der Waals surface area contributed by atoms with Crippen LogP contribution in [0.25, 0.3) is 0 Å². The molecule has 3 nitrogen and oxygen atoms in total. The summed E-state index contributed by atoms with van der Waals surface area (Å²) < 4.78 is 5.36. The van der Waals surface area contributed by atoms with Crippen LogP contribution in [0.5, 0.6) is 0 Å². The molecule has 0 saturated heterocycles. The van der Waals surface area contributed by atoms with Crippen molar-refractivity contribution in [3.63, 3.8) is 0 Å². The Morgan fingerprint density at radius 1 is 1.35 bits per heavy atom. The summed E-state index contributed by atoms with van der Waals surface area (Å²) in [7, 11) is 0. The van der Waals surface area contributed by atoms with Crippen LogP contribution in [0.1, 0.15) is 36.7 Å². The van der Waals surface area contributed by atoms with Crippen LogP contribution in [-0.2, 0) is 11.2 Å². The number of hydrogen-bond acceptors (Lipinski definition) is 3. The number of carbonyl (C=O) groups is 1. The van der Waals surface area contributed by atoms with Gasteiger partial charge >= 0.3 is 5.97 Å². The van der Waals surface area contributed by atoms with Gasteiger partial charge in [0.25, 0.3) is 0 Å². The Morgan fingerprint density at radius 2 is 2.06 bits per heavy atom. The molecule has 0 spiro atoms. The Hall–Kier alpha value is -1.35. The van der Waals surface area contributed by atoms with E-state index in [9.17, 15) is 4.79 Å². The maximum absolute atomic E-state index is 11.9. The summed E-state index contributed by atoms with van der Waals surface area (Å²) >= 11 is 0. The predicted octanol–water partition coefficient (Wildman–Crippen LogP) is 2.39. The first-order valence-corrected chi connectivity index (χ1v) is 6.04. The monoisotopic (exact) mass is 235 g/mol. The van der Waals surface area contributed by atoms with E-state index in [1.807, 2.05) is 39.0 Å². The van der Waals surface area contributed by atoms with Gasteiger partial charge in [0.2, 0.25) is 0 Å². The lowest BCUT2D eigenvalue weighted by Gasteiger charge is -2.16. The summed E-state index contributed by atoms with van der Waals surface area (Å²) in [6.45, 7) is 6.55. The minimum atomic E-state index is -0.259. The third kappa shape index (κ3) is 4.19. The number of hydrogen-bond donors (Lipinski definition) is 1. The first kappa shape index (κ1) is 13.7. The predicted molar refractivity (Wildman–Crippen MR) is 68.9 cm³/mol. The average Bonchev–Trinajstić information content (AvgIpc) is 2.29. The number of ether oxygens (including phenoxy) is 1. The van der Waals surface area contributed by atoms with Gasteiger partial charge in [0.1, 0.15) is 6.10 Å². The quantitative estimate of drug-likeness (QED) is 0.797. The largest absolute Gasteiger partial charge is 0.459 e. The van der Waals surface area contributed by atoms with E-state index in [1.54, 1.807) is 6.07 Å². The lowest BCUT2D eigenvalue weighted by atomic mass is 10.1. The highest BCUT2D eigenvalue weighted by molar-refractivity contribution is 5.89. The molecule has 94 valence electrons. The fourth-order valence-corrected chi connectivity index (χ4v) is 1.39. The van der Waals surface area contributed by atoms with Gasteiger partial charge in [-0.3, -0.25) is 0 Å². The van der Waals surface area contributed by atoms with Crippen molar-refractivity contribution in [3.8, 4) is 0 Å². The van der Waals surface area contributed by atoms with Crippen molar-refractivity contribution < 1.29 is 9.53 Å². The SMILES string of the molecule is CC(C)C(C)OC(=O)c1cccc(CCN)c1. The summed E-state index contributed by atoms with van der Waals surface area (Å²) in [6, 6.07) is 7.45. The van der Waals surface area contributed by atoms with Gasteiger partial charge in [-0.1, -0.05) is 26.0 Å². The standard InChI is InChI=1S/C14H21NO2/c1-10(2)11(3)17-14(16)13-6-4-5-12(9-13)7-8-15/h4-6,9-11H,7-8,15H2,1-3H3. The van der Waals surface area contributed by atoms with Crippen molar-refractivity contribution in [2.75, 3.05) is 6.54 Å². The smallest absolute Gasteiger partial charge is 0.338 e. The van der Waals surface area contributed by atoms with Gasteiger partial charge in [0, 0.05) is 0 Å². The van der Waals surface area contributed by atoms with Crippen LogP contribution in [0.15, 0.2) is 24.3 Å². The Labute approximate surface area is 103 Å². The van der Waals surface area contributed by atoms with Gasteiger partial charge in [-0.15, -0.1) is 0 Å². The molecular weight excluding hydrogens is 214 g/mol. The molecule has 0 aliphatic carbocycles.